The largest absolute Gasteiger partial charge is 0.340 e. The van der Waals surface area contributed by atoms with Crippen LogP contribution in [-0.2, 0) is 6.54 Å². The van der Waals surface area contributed by atoms with E-state index in [1.165, 1.54) is 6.20 Å². The first-order valence-corrected chi connectivity index (χ1v) is 6.49. The van der Waals surface area contributed by atoms with Gasteiger partial charge in [0.05, 0.1) is 23.1 Å². The minimum absolute atomic E-state index is 0.114. The monoisotopic (exact) mass is 278 g/mol. The summed E-state index contributed by atoms with van der Waals surface area (Å²) >= 11 is 0. The smallest absolute Gasteiger partial charge is 0.280 e. The van der Waals surface area contributed by atoms with Crippen LogP contribution in [0.15, 0.2) is 42.6 Å². The van der Waals surface area contributed by atoms with Crippen LogP contribution >= 0.6 is 0 Å². The van der Waals surface area contributed by atoms with Gasteiger partial charge in [0.15, 0.2) is 0 Å². The summed E-state index contributed by atoms with van der Waals surface area (Å²) in [5, 5.41) is 0. The van der Waals surface area contributed by atoms with Crippen LogP contribution in [0.5, 0.6) is 0 Å². The maximum Gasteiger partial charge on any atom is 0.280 e. The van der Waals surface area contributed by atoms with Gasteiger partial charge < -0.3 is 4.98 Å². The molecule has 1 aromatic carbocycles. The van der Waals surface area contributed by atoms with Crippen LogP contribution in [0.3, 0.4) is 0 Å². The van der Waals surface area contributed by atoms with Crippen LogP contribution in [-0.4, -0.2) is 31.7 Å². The van der Waals surface area contributed by atoms with E-state index >= 15 is 0 Å². The van der Waals surface area contributed by atoms with Gasteiger partial charge in [0.2, 0.25) is 0 Å². The number of carbonyl (C=O) groups excluding carboxylic acids is 2. The molecule has 0 bridgehead atoms. The molecule has 3 heterocycles. The first kappa shape index (κ1) is 11.8. The molecule has 0 radical (unpaired) electrons. The minimum Gasteiger partial charge on any atom is -0.340 e. The number of nitrogens with zero attached hydrogens (tertiary/aromatic N) is 3. The molecule has 4 rings (SSSR count). The molecule has 6 nitrogen and oxygen atoms in total. The zero-order valence-electron chi connectivity index (χ0n) is 10.9. The number of benzene rings is 1. The van der Waals surface area contributed by atoms with Gasteiger partial charge in [-0.05, 0) is 24.3 Å². The van der Waals surface area contributed by atoms with Crippen molar-refractivity contribution < 1.29 is 9.59 Å². The van der Waals surface area contributed by atoms with E-state index in [0.717, 1.165) is 15.9 Å². The van der Waals surface area contributed by atoms with Crippen molar-refractivity contribution in [1.82, 2.24) is 19.9 Å². The van der Waals surface area contributed by atoms with Crippen LogP contribution in [0, 0.1) is 0 Å². The van der Waals surface area contributed by atoms with Gasteiger partial charge in [0, 0.05) is 6.20 Å². The number of hydrogen-bond donors (Lipinski definition) is 1. The van der Waals surface area contributed by atoms with Gasteiger partial charge in [0.25, 0.3) is 11.8 Å². The molecule has 0 saturated carbocycles. The quantitative estimate of drug-likeness (QED) is 0.724. The fourth-order valence-electron chi connectivity index (χ4n) is 2.49. The number of imidazole rings is 1. The highest BCUT2D eigenvalue weighted by Crippen LogP contribution is 2.22. The lowest BCUT2D eigenvalue weighted by molar-refractivity contribution is 0.0637. The van der Waals surface area contributed by atoms with E-state index in [0.29, 0.717) is 11.4 Å². The van der Waals surface area contributed by atoms with Crippen molar-refractivity contribution in [2.24, 2.45) is 0 Å². The third kappa shape index (κ3) is 1.73. The Morgan fingerprint density at radius 1 is 1.05 bits per heavy atom. The van der Waals surface area contributed by atoms with Gasteiger partial charge in [-0.2, -0.15) is 0 Å². The summed E-state index contributed by atoms with van der Waals surface area (Å²) < 4.78 is 0. The fourth-order valence-corrected chi connectivity index (χ4v) is 2.49. The molecule has 1 N–H and O–H groups in total. The number of fused-ring (bicyclic) bond motifs is 2. The van der Waals surface area contributed by atoms with Crippen LogP contribution in [0.25, 0.3) is 11.0 Å². The highest BCUT2D eigenvalue weighted by atomic mass is 16.2. The molecular formula is C15H10N4O2. The molecule has 2 aromatic heterocycles. The van der Waals surface area contributed by atoms with E-state index < -0.39 is 0 Å². The molecule has 0 aliphatic carbocycles. The number of imide groups is 1. The molecule has 1 aliphatic rings. The summed E-state index contributed by atoms with van der Waals surface area (Å²) in [4.78, 5) is 37.1. The molecular weight excluding hydrogens is 268 g/mol. The van der Waals surface area contributed by atoms with Crippen molar-refractivity contribution in [2.45, 2.75) is 6.54 Å². The number of aromatic nitrogens is 3. The Bertz CT molecular complexity index is 816. The Morgan fingerprint density at radius 2 is 1.90 bits per heavy atom. The number of amides is 2. The molecule has 0 atom stereocenters. The van der Waals surface area contributed by atoms with Crippen molar-refractivity contribution in [3.05, 3.63) is 59.7 Å². The van der Waals surface area contributed by atoms with Gasteiger partial charge >= 0.3 is 0 Å². The van der Waals surface area contributed by atoms with E-state index in [9.17, 15) is 9.59 Å². The highest BCUT2D eigenvalue weighted by molar-refractivity contribution is 6.20. The SMILES string of the molecule is O=C1c2cccnc2C(=O)N1Cc1nc2ccccc2[nH]1. The maximum atomic E-state index is 12.3. The minimum atomic E-state index is -0.379. The van der Waals surface area contributed by atoms with Gasteiger partial charge in [-0.25, -0.2) is 4.98 Å². The molecule has 6 heteroatoms. The second-order valence-electron chi connectivity index (χ2n) is 4.80. The third-order valence-electron chi connectivity index (χ3n) is 3.48. The van der Waals surface area contributed by atoms with Crippen LogP contribution in [0.2, 0.25) is 0 Å². The summed E-state index contributed by atoms with van der Waals surface area (Å²) in [6.07, 6.45) is 1.51. The first-order chi connectivity index (χ1) is 10.2. The summed E-state index contributed by atoms with van der Waals surface area (Å²) in [5.41, 5.74) is 2.24. The number of para-hydroxylation sites is 2. The Kier molecular flexibility index (Phi) is 2.38. The summed E-state index contributed by atoms with van der Waals surface area (Å²) in [6.45, 7) is 0.114. The Morgan fingerprint density at radius 3 is 2.71 bits per heavy atom. The second kappa shape index (κ2) is 4.24. The Balaban J connectivity index is 1.69. The lowest BCUT2D eigenvalue weighted by atomic mass is 10.2. The number of aromatic amines is 1. The van der Waals surface area contributed by atoms with Crippen molar-refractivity contribution in [1.29, 1.82) is 0 Å². The Labute approximate surface area is 119 Å². The van der Waals surface area contributed by atoms with E-state index in [-0.39, 0.29) is 24.1 Å². The normalized spacial score (nSPS) is 14.0. The predicted molar refractivity (Wildman–Crippen MR) is 74.5 cm³/mol. The molecule has 0 saturated heterocycles. The zero-order valence-corrected chi connectivity index (χ0v) is 10.9. The van der Waals surface area contributed by atoms with Gasteiger partial charge in [-0.1, -0.05) is 12.1 Å². The number of rotatable bonds is 2. The van der Waals surface area contributed by atoms with Crippen LogP contribution in [0.4, 0.5) is 0 Å². The highest BCUT2D eigenvalue weighted by Gasteiger charge is 2.36. The van der Waals surface area contributed by atoms with Gasteiger partial charge in [-0.15, -0.1) is 0 Å². The number of H-pyrrole nitrogens is 1. The molecule has 102 valence electrons. The van der Waals surface area contributed by atoms with E-state index in [2.05, 4.69) is 15.0 Å². The van der Waals surface area contributed by atoms with E-state index in [4.69, 9.17) is 0 Å². The molecule has 0 spiro atoms. The molecule has 0 unspecified atom stereocenters. The van der Waals surface area contributed by atoms with Crippen molar-refractivity contribution in [3.63, 3.8) is 0 Å². The third-order valence-corrected chi connectivity index (χ3v) is 3.48. The number of carbonyl (C=O) groups is 2. The average Bonchev–Trinajstić information content (AvgIpc) is 3.02. The molecule has 0 fully saturated rings. The topological polar surface area (TPSA) is 79.0 Å². The average molecular weight is 278 g/mol. The zero-order chi connectivity index (χ0) is 14.4. The summed E-state index contributed by atoms with van der Waals surface area (Å²) in [7, 11) is 0. The summed E-state index contributed by atoms with van der Waals surface area (Å²) in [6, 6.07) is 10.8. The van der Waals surface area contributed by atoms with Gasteiger partial charge in [-0.3, -0.25) is 19.5 Å². The lowest BCUT2D eigenvalue weighted by Gasteiger charge is -2.10. The second-order valence-corrected chi connectivity index (χ2v) is 4.80. The number of hydrogen-bond acceptors (Lipinski definition) is 4. The number of nitrogens with one attached hydrogen (secondary N) is 1. The Hall–Kier alpha value is -3.02. The number of pyridine rings is 1. The first-order valence-electron chi connectivity index (χ1n) is 6.49. The van der Waals surface area contributed by atoms with E-state index in [1.807, 2.05) is 24.3 Å². The maximum absolute atomic E-state index is 12.3. The van der Waals surface area contributed by atoms with Crippen LogP contribution in [0.1, 0.15) is 26.7 Å². The van der Waals surface area contributed by atoms with Gasteiger partial charge in [0.1, 0.15) is 11.5 Å². The van der Waals surface area contributed by atoms with E-state index in [1.54, 1.807) is 12.1 Å². The van der Waals surface area contributed by atoms with Crippen molar-refractivity contribution in [3.8, 4) is 0 Å². The van der Waals surface area contributed by atoms with Crippen LogP contribution < -0.4 is 0 Å². The standard InChI is InChI=1S/C15H10N4O2/c20-14-9-4-3-7-16-13(9)15(21)19(14)8-12-17-10-5-1-2-6-11(10)18-12/h1-7H,8H2,(H,17,18). The van der Waals surface area contributed by atoms with Crippen molar-refractivity contribution in [2.75, 3.05) is 0 Å². The lowest BCUT2D eigenvalue weighted by Crippen LogP contribution is -2.29. The molecule has 21 heavy (non-hydrogen) atoms. The predicted octanol–water partition coefficient (Wildman–Crippen LogP) is 1.75. The van der Waals surface area contributed by atoms with Crippen molar-refractivity contribution >= 4 is 22.8 Å². The molecule has 1 aliphatic heterocycles. The fraction of sp³-hybridized carbons (Fsp3) is 0.0667. The molecule has 3 aromatic rings. The molecule has 2 amide bonds. The summed E-state index contributed by atoms with van der Waals surface area (Å²) in [5.74, 6) is -0.134.